The number of aromatic nitrogens is 6. The van der Waals surface area contributed by atoms with E-state index in [1.165, 1.54) is 21.9 Å². The summed E-state index contributed by atoms with van der Waals surface area (Å²) in [5.74, 6) is 1.64. The third kappa shape index (κ3) is 5.92. The molecule has 55 heavy (non-hydrogen) atoms. The lowest BCUT2D eigenvalue weighted by Gasteiger charge is -2.21. The summed E-state index contributed by atoms with van der Waals surface area (Å²) in [5, 5.41) is 2.39. The van der Waals surface area contributed by atoms with Crippen LogP contribution in [0.15, 0.2) is 195 Å². The van der Waals surface area contributed by atoms with Gasteiger partial charge in [0.1, 0.15) is 0 Å². The monoisotopic (exact) mass is 704 g/mol. The molecule has 6 heteroatoms. The van der Waals surface area contributed by atoms with Crippen LogP contribution in [0.4, 0.5) is 0 Å². The van der Waals surface area contributed by atoms with E-state index in [1.54, 1.807) is 24.8 Å². The van der Waals surface area contributed by atoms with Crippen molar-refractivity contribution in [3.8, 4) is 73.2 Å². The maximum Gasteiger partial charge on any atom is 0.165 e. The van der Waals surface area contributed by atoms with Gasteiger partial charge in [-0.05, 0) is 76.9 Å². The van der Waals surface area contributed by atoms with E-state index in [0.29, 0.717) is 17.5 Å². The van der Waals surface area contributed by atoms with Gasteiger partial charge in [-0.25, -0.2) is 15.0 Å². The minimum absolute atomic E-state index is 0.542. The number of hydrogen-bond acceptors (Lipinski definition) is 5. The zero-order valence-electron chi connectivity index (χ0n) is 29.7. The number of benzene rings is 6. The molecule has 0 aliphatic rings. The van der Waals surface area contributed by atoms with E-state index >= 15 is 0 Å². The van der Waals surface area contributed by atoms with Crippen molar-refractivity contribution in [1.29, 1.82) is 0 Å². The summed E-state index contributed by atoms with van der Waals surface area (Å²) in [6.07, 6.45) is 7.07. The molecular weight excluding hydrogens is 673 g/mol. The number of rotatable bonds is 7. The van der Waals surface area contributed by atoms with E-state index in [0.717, 1.165) is 55.7 Å². The minimum atomic E-state index is 0.542. The normalized spacial score (nSPS) is 11.3. The van der Waals surface area contributed by atoms with Crippen molar-refractivity contribution in [2.24, 2.45) is 0 Å². The van der Waals surface area contributed by atoms with Crippen LogP contribution in [0.5, 0.6) is 0 Å². The number of nitrogens with zero attached hydrogens (tertiary/aromatic N) is 6. The summed E-state index contributed by atoms with van der Waals surface area (Å²) in [5.41, 5.74) is 12.4. The van der Waals surface area contributed by atoms with Crippen molar-refractivity contribution in [3.05, 3.63) is 195 Å². The van der Waals surface area contributed by atoms with E-state index in [9.17, 15) is 0 Å². The lowest BCUT2D eigenvalue weighted by atomic mass is 9.92. The Morgan fingerprint density at radius 1 is 0.327 bits per heavy atom. The Kier molecular flexibility index (Phi) is 8.04. The fraction of sp³-hybridized carbons (Fsp3) is 0. The van der Waals surface area contributed by atoms with Gasteiger partial charge in [-0.15, -0.1) is 0 Å². The van der Waals surface area contributed by atoms with Crippen LogP contribution in [-0.2, 0) is 0 Å². The molecule has 0 radical (unpaired) electrons. The zero-order valence-corrected chi connectivity index (χ0v) is 29.7. The van der Waals surface area contributed by atoms with Crippen molar-refractivity contribution < 1.29 is 0 Å². The van der Waals surface area contributed by atoms with Gasteiger partial charge in [0.15, 0.2) is 17.5 Å². The molecule has 10 aromatic rings. The first-order valence-corrected chi connectivity index (χ1v) is 18.2. The zero-order chi connectivity index (χ0) is 36.6. The minimum Gasteiger partial charge on any atom is -0.308 e. The molecule has 6 aromatic carbocycles. The highest BCUT2D eigenvalue weighted by molar-refractivity contribution is 6.12. The number of pyridine rings is 2. The highest BCUT2D eigenvalue weighted by Crippen LogP contribution is 2.44. The standard InChI is InChI=1S/C49H32N6/c1-4-14-33(15-5-1)36-24-25-45-43(28-36)40-22-10-11-23-44(40)55(45)46-41(34-16-6-2-7-17-34)29-39(30-42(46)35-18-8-3-9-19-35)49-53-47(37-20-12-26-50-31-37)52-48(54-49)38-21-13-27-51-32-38/h1-32H. The summed E-state index contributed by atoms with van der Waals surface area (Å²) < 4.78 is 2.43. The van der Waals surface area contributed by atoms with Gasteiger partial charge in [0, 0.05) is 63.4 Å². The quantitative estimate of drug-likeness (QED) is 0.165. The topological polar surface area (TPSA) is 69.4 Å². The Balaban J connectivity index is 1.30. The molecule has 4 aromatic heterocycles. The molecule has 258 valence electrons. The van der Waals surface area contributed by atoms with Gasteiger partial charge in [0.25, 0.3) is 0 Å². The average molecular weight is 705 g/mol. The van der Waals surface area contributed by atoms with Crippen LogP contribution in [0.3, 0.4) is 0 Å². The third-order valence-corrected chi connectivity index (χ3v) is 10.0. The SMILES string of the molecule is c1ccc(-c2ccc3c(c2)c2ccccc2n3-c2c(-c3ccccc3)cc(-c3nc(-c4cccnc4)nc(-c4cccnc4)n3)cc2-c2ccccc2)cc1. The number of fused-ring (bicyclic) bond motifs is 3. The Morgan fingerprint density at radius 2 is 0.800 bits per heavy atom. The molecule has 0 bridgehead atoms. The van der Waals surface area contributed by atoms with Gasteiger partial charge >= 0.3 is 0 Å². The van der Waals surface area contributed by atoms with Crippen molar-refractivity contribution in [2.45, 2.75) is 0 Å². The van der Waals surface area contributed by atoms with E-state index in [4.69, 9.17) is 15.0 Å². The Hall–Kier alpha value is -7.57. The van der Waals surface area contributed by atoms with E-state index in [-0.39, 0.29) is 0 Å². The van der Waals surface area contributed by atoms with Crippen molar-refractivity contribution in [2.75, 3.05) is 0 Å². The maximum absolute atomic E-state index is 5.11. The van der Waals surface area contributed by atoms with E-state index in [2.05, 4.69) is 160 Å². The van der Waals surface area contributed by atoms with Gasteiger partial charge in [-0.2, -0.15) is 0 Å². The highest BCUT2D eigenvalue weighted by atomic mass is 15.0. The molecule has 0 aliphatic heterocycles. The van der Waals surface area contributed by atoms with E-state index in [1.807, 2.05) is 24.3 Å². The summed E-state index contributed by atoms with van der Waals surface area (Å²) in [7, 11) is 0. The lowest BCUT2D eigenvalue weighted by Crippen LogP contribution is -2.04. The fourth-order valence-electron chi connectivity index (χ4n) is 7.46. The molecule has 4 heterocycles. The maximum atomic E-state index is 5.11. The second-order valence-corrected chi connectivity index (χ2v) is 13.4. The molecule has 0 fully saturated rings. The van der Waals surface area contributed by atoms with E-state index < -0.39 is 0 Å². The molecule has 0 saturated heterocycles. The van der Waals surface area contributed by atoms with Crippen molar-refractivity contribution in [1.82, 2.24) is 29.5 Å². The second kappa shape index (κ2) is 13.8. The first kappa shape index (κ1) is 32.1. The third-order valence-electron chi connectivity index (χ3n) is 10.0. The van der Waals surface area contributed by atoms with Gasteiger partial charge in [-0.3, -0.25) is 9.97 Å². The highest BCUT2D eigenvalue weighted by Gasteiger charge is 2.23. The van der Waals surface area contributed by atoms with Crippen LogP contribution in [0.2, 0.25) is 0 Å². The second-order valence-electron chi connectivity index (χ2n) is 13.4. The van der Waals surface area contributed by atoms with Gasteiger partial charge in [0.05, 0.1) is 16.7 Å². The van der Waals surface area contributed by atoms with Crippen molar-refractivity contribution >= 4 is 21.8 Å². The van der Waals surface area contributed by atoms with Gasteiger partial charge < -0.3 is 4.57 Å². The molecule has 0 aliphatic carbocycles. The molecule has 0 amide bonds. The molecule has 0 atom stereocenters. The lowest BCUT2D eigenvalue weighted by molar-refractivity contribution is 1.07. The first-order valence-electron chi connectivity index (χ1n) is 18.2. The Morgan fingerprint density at radius 3 is 1.35 bits per heavy atom. The molecule has 0 N–H and O–H groups in total. The first-order chi connectivity index (χ1) is 27.3. The molecule has 0 unspecified atom stereocenters. The number of para-hydroxylation sites is 1. The predicted molar refractivity (Wildman–Crippen MR) is 222 cm³/mol. The molecular formula is C49H32N6. The average Bonchev–Trinajstić information content (AvgIpc) is 3.60. The number of hydrogen-bond donors (Lipinski definition) is 0. The predicted octanol–water partition coefficient (Wildman–Crippen LogP) is 11.8. The Bertz CT molecular complexity index is 2830. The van der Waals surface area contributed by atoms with Crippen LogP contribution in [0, 0.1) is 0 Å². The molecule has 0 saturated carbocycles. The molecule has 6 nitrogen and oxygen atoms in total. The van der Waals surface area contributed by atoms with Gasteiger partial charge in [0.2, 0.25) is 0 Å². The van der Waals surface area contributed by atoms with Crippen molar-refractivity contribution in [3.63, 3.8) is 0 Å². The summed E-state index contributed by atoms with van der Waals surface area (Å²) in [6.45, 7) is 0. The fourth-order valence-corrected chi connectivity index (χ4v) is 7.46. The summed E-state index contributed by atoms with van der Waals surface area (Å²) >= 11 is 0. The van der Waals surface area contributed by atoms with Crippen LogP contribution in [0.1, 0.15) is 0 Å². The van der Waals surface area contributed by atoms with Crippen LogP contribution in [-0.4, -0.2) is 29.5 Å². The van der Waals surface area contributed by atoms with Crippen LogP contribution in [0.25, 0.3) is 95.0 Å². The Labute approximate surface area is 318 Å². The summed E-state index contributed by atoms with van der Waals surface area (Å²) in [4.78, 5) is 23.9. The van der Waals surface area contributed by atoms with Crippen LogP contribution >= 0.6 is 0 Å². The molecule has 10 rings (SSSR count). The van der Waals surface area contributed by atoms with Gasteiger partial charge in [-0.1, -0.05) is 115 Å². The van der Waals surface area contributed by atoms with Crippen LogP contribution < -0.4 is 0 Å². The summed E-state index contributed by atoms with van der Waals surface area (Å²) in [6, 6.07) is 59.5. The molecule has 0 spiro atoms. The largest absolute Gasteiger partial charge is 0.308 e. The smallest absolute Gasteiger partial charge is 0.165 e.